The van der Waals surface area contributed by atoms with Gasteiger partial charge in [-0.3, -0.25) is 0 Å². The monoisotopic (exact) mass is 508 g/mol. The topological polar surface area (TPSA) is 102 Å². The number of nitriles is 1. The number of benzene rings is 2. The van der Waals surface area contributed by atoms with E-state index < -0.39 is 15.3 Å². The minimum atomic E-state index is -3.53. The Labute approximate surface area is 202 Å². The van der Waals surface area contributed by atoms with Crippen LogP contribution in [0, 0.1) is 11.3 Å². The lowest BCUT2D eigenvalue weighted by Gasteiger charge is -2.27. The maximum absolute atomic E-state index is 11.7. The number of halogens is 2. The van der Waals surface area contributed by atoms with Gasteiger partial charge in [0.25, 0.3) is 0 Å². The molecule has 0 fully saturated rings. The Hall–Kier alpha value is -2.73. The van der Waals surface area contributed by atoms with Crippen molar-refractivity contribution in [1.29, 1.82) is 5.26 Å². The van der Waals surface area contributed by atoms with Crippen molar-refractivity contribution >= 4 is 33.0 Å². The van der Waals surface area contributed by atoms with Crippen molar-refractivity contribution in [3.8, 4) is 17.6 Å². The lowest BCUT2D eigenvalue weighted by molar-refractivity contribution is 0.293. The molecule has 0 spiro atoms. The Bertz CT molecular complexity index is 1280. The Morgan fingerprint density at radius 3 is 2.45 bits per heavy atom. The molecule has 10 heteroatoms. The van der Waals surface area contributed by atoms with Crippen molar-refractivity contribution in [2.24, 2.45) is 0 Å². The third-order valence-electron chi connectivity index (χ3n) is 5.10. The van der Waals surface area contributed by atoms with E-state index in [1.54, 1.807) is 24.3 Å². The summed E-state index contributed by atoms with van der Waals surface area (Å²) in [5.74, 6) is 1.15. The highest BCUT2D eigenvalue weighted by molar-refractivity contribution is 7.90. The SMILES string of the molecule is CC(C)(c1ccc(OCc2ncoc2S(C)(=O)=O)cc1)c1cc(Cl)c(OCCCl)c(C#N)c1. The molecule has 1 heterocycles. The van der Waals surface area contributed by atoms with Crippen LogP contribution in [0.2, 0.25) is 5.02 Å². The predicted molar refractivity (Wildman–Crippen MR) is 125 cm³/mol. The minimum Gasteiger partial charge on any atom is -0.489 e. The molecule has 0 aliphatic heterocycles. The lowest BCUT2D eigenvalue weighted by Crippen LogP contribution is -2.19. The van der Waals surface area contributed by atoms with Gasteiger partial charge in [-0.05, 0) is 35.4 Å². The Morgan fingerprint density at radius 1 is 1.15 bits per heavy atom. The molecule has 0 aliphatic carbocycles. The molecule has 0 bridgehead atoms. The summed E-state index contributed by atoms with van der Waals surface area (Å²) in [5, 5.41) is 9.70. The van der Waals surface area contributed by atoms with Crippen molar-refractivity contribution in [2.45, 2.75) is 31.0 Å². The molecule has 33 heavy (non-hydrogen) atoms. The molecular weight excluding hydrogens is 487 g/mol. The molecule has 0 saturated heterocycles. The van der Waals surface area contributed by atoms with Gasteiger partial charge in [0.1, 0.15) is 30.7 Å². The number of ether oxygens (including phenoxy) is 2. The molecule has 0 N–H and O–H groups in total. The van der Waals surface area contributed by atoms with Gasteiger partial charge in [-0.15, -0.1) is 11.6 Å². The molecule has 174 valence electrons. The smallest absolute Gasteiger partial charge is 0.244 e. The van der Waals surface area contributed by atoms with Crippen molar-refractivity contribution in [1.82, 2.24) is 4.98 Å². The number of aromatic nitrogens is 1. The van der Waals surface area contributed by atoms with Gasteiger partial charge < -0.3 is 13.9 Å². The molecule has 0 radical (unpaired) electrons. The van der Waals surface area contributed by atoms with E-state index >= 15 is 0 Å². The van der Waals surface area contributed by atoms with E-state index in [2.05, 4.69) is 11.1 Å². The first-order valence-electron chi connectivity index (χ1n) is 9.86. The fourth-order valence-corrected chi connectivity index (χ4v) is 4.38. The summed E-state index contributed by atoms with van der Waals surface area (Å²) < 4.78 is 39.6. The third-order valence-corrected chi connectivity index (χ3v) is 6.54. The maximum Gasteiger partial charge on any atom is 0.244 e. The van der Waals surface area contributed by atoms with E-state index in [0.717, 1.165) is 23.8 Å². The van der Waals surface area contributed by atoms with Crippen molar-refractivity contribution < 1.29 is 22.3 Å². The summed E-state index contributed by atoms with van der Waals surface area (Å²) >= 11 is 12.1. The summed E-state index contributed by atoms with van der Waals surface area (Å²) in [4.78, 5) is 3.92. The number of oxazole rings is 1. The van der Waals surface area contributed by atoms with Gasteiger partial charge in [0, 0.05) is 11.7 Å². The summed E-state index contributed by atoms with van der Waals surface area (Å²) in [6, 6.07) is 13.0. The van der Waals surface area contributed by atoms with Gasteiger partial charge in [0.05, 0.1) is 16.5 Å². The lowest BCUT2D eigenvalue weighted by atomic mass is 9.77. The second-order valence-electron chi connectivity index (χ2n) is 7.78. The minimum absolute atomic E-state index is 0.0491. The van der Waals surface area contributed by atoms with Gasteiger partial charge in [-0.1, -0.05) is 37.6 Å². The molecule has 0 atom stereocenters. The van der Waals surface area contributed by atoms with E-state index in [9.17, 15) is 13.7 Å². The number of sulfone groups is 1. The molecule has 7 nitrogen and oxygen atoms in total. The molecule has 0 aliphatic rings. The highest BCUT2D eigenvalue weighted by Gasteiger charge is 2.26. The van der Waals surface area contributed by atoms with Crippen LogP contribution in [0.1, 0.15) is 36.2 Å². The van der Waals surface area contributed by atoms with E-state index in [1.165, 1.54) is 0 Å². The second kappa shape index (κ2) is 10.0. The number of hydrogen-bond donors (Lipinski definition) is 0. The van der Waals surface area contributed by atoms with Gasteiger partial charge in [-0.2, -0.15) is 5.26 Å². The predicted octanol–water partition coefficient (Wildman–Crippen LogP) is 5.13. The zero-order valence-electron chi connectivity index (χ0n) is 18.3. The quantitative estimate of drug-likeness (QED) is 0.369. The average molecular weight is 509 g/mol. The largest absolute Gasteiger partial charge is 0.489 e. The van der Waals surface area contributed by atoms with E-state index in [0.29, 0.717) is 22.1 Å². The van der Waals surface area contributed by atoms with Crippen LogP contribution in [-0.4, -0.2) is 32.1 Å². The van der Waals surface area contributed by atoms with Crippen molar-refractivity contribution in [3.05, 3.63) is 70.2 Å². The summed E-state index contributed by atoms with van der Waals surface area (Å²) in [6.45, 7) is 4.23. The highest BCUT2D eigenvalue weighted by atomic mass is 35.5. The zero-order chi connectivity index (χ0) is 24.2. The number of rotatable bonds is 9. The zero-order valence-corrected chi connectivity index (χ0v) is 20.6. The van der Waals surface area contributed by atoms with E-state index in [1.807, 2.05) is 26.0 Å². The van der Waals surface area contributed by atoms with Crippen LogP contribution in [0.5, 0.6) is 11.5 Å². The number of alkyl halides is 1. The summed E-state index contributed by atoms with van der Waals surface area (Å²) in [6.07, 6.45) is 2.13. The fourth-order valence-electron chi connectivity index (χ4n) is 3.27. The molecule has 0 saturated carbocycles. The molecule has 1 aromatic heterocycles. The van der Waals surface area contributed by atoms with Gasteiger partial charge >= 0.3 is 0 Å². The Kier molecular flexibility index (Phi) is 7.58. The molecule has 0 amide bonds. The van der Waals surface area contributed by atoms with Crippen LogP contribution in [-0.2, 0) is 21.9 Å². The first-order chi connectivity index (χ1) is 15.6. The van der Waals surface area contributed by atoms with Crippen LogP contribution >= 0.6 is 23.2 Å². The molecule has 0 unspecified atom stereocenters. The molecular formula is C23H22Cl2N2O5S. The van der Waals surface area contributed by atoms with Crippen molar-refractivity contribution in [2.75, 3.05) is 18.7 Å². The van der Waals surface area contributed by atoms with Crippen LogP contribution in [0.25, 0.3) is 0 Å². The van der Waals surface area contributed by atoms with Gasteiger partial charge in [0.2, 0.25) is 14.9 Å². The van der Waals surface area contributed by atoms with E-state index in [4.69, 9.17) is 37.1 Å². The van der Waals surface area contributed by atoms with Gasteiger partial charge in [-0.25, -0.2) is 13.4 Å². The van der Waals surface area contributed by atoms with Crippen LogP contribution in [0.15, 0.2) is 52.3 Å². The normalized spacial score (nSPS) is 11.8. The maximum atomic E-state index is 11.7. The molecule has 3 rings (SSSR count). The van der Waals surface area contributed by atoms with Crippen LogP contribution in [0.4, 0.5) is 0 Å². The number of nitrogens with zero attached hydrogens (tertiary/aromatic N) is 2. The van der Waals surface area contributed by atoms with Gasteiger partial charge in [0.15, 0.2) is 12.1 Å². The summed E-state index contributed by atoms with van der Waals surface area (Å²) in [7, 11) is -3.53. The first kappa shape index (κ1) is 24.9. The van der Waals surface area contributed by atoms with Crippen LogP contribution < -0.4 is 9.47 Å². The number of hydrogen-bond acceptors (Lipinski definition) is 7. The van der Waals surface area contributed by atoms with Crippen LogP contribution in [0.3, 0.4) is 0 Å². The van der Waals surface area contributed by atoms with Crippen molar-refractivity contribution in [3.63, 3.8) is 0 Å². The first-order valence-corrected chi connectivity index (χ1v) is 12.7. The molecule has 2 aromatic carbocycles. The third kappa shape index (κ3) is 5.61. The van der Waals surface area contributed by atoms with E-state index in [-0.39, 0.29) is 29.9 Å². The average Bonchev–Trinajstić information content (AvgIpc) is 3.26. The highest BCUT2D eigenvalue weighted by Crippen LogP contribution is 2.38. The molecule has 3 aromatic rings. The summed E-state index contributed by atoms with van der Waals surface area (Å²) in [5.41, 5.74) is 1.87. The Morgan fingerprint density at radius 2 is 1.85 bits per heavy atom. The second-order valence-corrected chi connectivity index (χ2v) is 10.5. The standard InChI is InChI=1S/C23H22Cl2N2O5S/c1-23(2,17-10-15(12-26)21(19(25)11-17)30-9-8-24)16-4-6-18(7-5-16)31-13-20-22(32-14-27-20)33(3,28)29/h4-7,10-11,14H,8-9,13H2,1-3H3. The Balaban J connectivity index is 1.81. The fraction of sp³-hybridized carbons (Fsp3) is 0.304.